The molecule has 0 aromatic heterocycles. The SMILES string of the molecule is COc1ccc(CNCC2CCOC2C)cc1F. The fourth-order valence-electron chi connectivity index (χ4n) is 2.27. The van der Waals surface area contributed by atoms with Crippen molar-refractivity contribution in [2.45, 2.75) is 26.0 Å². The van der Waals surface area contributed by atoms with Gasteiger partial charge in [-0.2, -0.15) is 0 Å². The van der Waals surface area contributed by atoms with Crippen LogP contribution in [-0.4, -0.2) is 26.4 Å². The first-order valence-corrected chi connectivity index (χ1v) is 6.35. The van der Waals surface area contributed by atoms with Crippen LogP contribution in [0.2, 0.25) is 0 Å². The average molecular weight is 253 g/mol. The lowest BCUT2D eigenvalue weighted by molar-refractivity contribution is 0.105. The van der Waals surface area contributed by atoms with E-state index in [0.29, 0.717) is 18.6 Å². The van der Waals surface area contributed by atoms with Crippen molar-refractivity contribution < 1.29 is 13.9 Å². The van der Waals surface area contributed by atoms with Gasteiger partial charge in [0.05, 0.1) is 13.2 Å². The number of hydrogen-bond donors (Lipinski definition) is 1. The Balaban J connectivity index is 1.81. The summed E-state index contributed by atoms with van der Waals surface area (Å²) in [6, 6.07) is 5.05. The Kier molecular flexibility index (Phi) is 4.55. The number of nitrogens with one attached hydrogen (secondary N) is 1. The first-order valence-electron chi connectivity index (χ1n) is 6.35. The van der Waals surface area contributed by atoms with Crippen molar-refractivity contribution >= 4 is 0 Å². The van der Waals surface area contributed by atoms with Gasteiger partial charge in [0.1, 0.15) is 0 Å². The third-order valence-electron chi connectivity index (χ3n) is 3.49. The van der Waals surface area contributed by atoms with Crippen LogP contribution in [0, 0.1) is 11.7 Å². The molecule has 18 heavy (non-hydrogen) atoms. The minimum Gasteiger partial charge on any atom is -0.494 e. The Bertz CT molecular complexity index is 397. The summed E-state index contributed by atoms with van der Waals surface area (Å²) < 4.78 is 23.9. The molecule has 2 atom stereocenters. The lowest BCUT2D eigenvalue weighted by Gasteiger charge is -2.14. The van der Waals surface area contributed by atoms with Gasteiger partial charge in [-0.05, 0) is 37.0 Å². The molecule has 2 unspecified atom stereocenters. The van der Waals surface area contributed by atoms with Gasteiger partial charge in [0, 0.05) is 19.7 Å². The summed E-state index contributed by atoms with van der Waals surface area (Å²) in [7, 11) is 1.47. The van der Waals surface area contributed by atoms with E-state index in [1.807, 2.05) is 6.07 Å². The van der Waals surface area contributed by atoms with Crippen molar-refractivity contribution in [3.63, 3.8) is 0 Å². The molecule has 0 amide bonds. The summed E-state index contributed by atoms with van der Waals surface area (Å²) in [5.74, 6) is 0.541. The number of benzene rings is 1. The van der Waals surface area contributed by atoms with Crippen LogP contribution in [-0.2, 0) is 11.3 Å². The summed E-state index contributed by atoms with van der Waals surface area (Å²) in [5.41, 5.74) is 0.930. The second-order valence-corrected chi connectivity index (χ2v) is 4.72. The quantitative estimate of drug-likeness (QED) is 0.873. The van der Waals surface area contributed by atoms with Crippen LogP contribution in [0.25, 0.3) is 0 Å². The lowest BCUT2D eigenvalue weighted by Crippen LogP contribution is -2.26. The van der Waals surface area contributed by atoms with Gasteiger partial charge in [-0.3, -0.25) is 0 Å². The van der Waals surface area contributed by atoms with E-state index in [9.17, 15) is 4.39 Å². The molecular formula is C14H20FNO2. The Morgan fingerprint density at radius 3 is 2.94 bits per heavy atom. The topological polar surface area (TPSA) is 30.5 Å². The van der Waals surface area contributed by atoms with E-state index < -0.39 is 0 Å². The molecule has 1 N–H and O–H groups in total. The maximum absolute atomic E-state index is 13.5. The second-order valence-electron chi connectivity index (χ2n) is 4.72. The van der Waals surface area contributed by atoms with Crippen LogP contribution in [0.1, 0.15) is 18.9 Å². The molecule has 2 rings (SSSR count). The summed E-state index contributed by atoms with van der Waals surface area (Å²) in [6.45, 7) is 4.54. The number of halogens is 1. The van der Waals surface area contributed by atoms with E-state index in [0.717, 1.165) is 25.1 Å². The smallest absolute Gasteiger partial charge is 0.165 e. The molecule has 100 valence electrons. The minimum atomic E-state index is -0.311. The summed E-state index contributed by atoms with van der Waals surface area (Å²) in [6.07, 6.45) is 1.43. The predicted octanol–water partition coefficient (Wildman–Crippen LogP) is 2.35. The molecule has 0 radical (unpaired) electrons. The molecule has 1 heterocycles. The lowest BCUT2D eigenvalue weighted by atomic mass is 10.0. The van der Waals surface area contributed by atoms with E-state index >= 15 is 0 Å². The minimum absolute atomic E-state index is 0.288. The Labute approximate surface area is 107 Å². The van der Waals surface area contributed by atoms with Gasteiger partial charge >= 0.3 is 0 Å². The van der Waals surface area contributed by atoms with Crippen molar-refractivity contribution in [3.05, 3.63) is 29.6 Å². The van der Waals surface area contributed by atoms with Gasteiger partial charge < -0.3 is 14.8 Å². The number of hydrogen-bond acceptors (Lipinski definition) is 3. The normalized spacial score (nSPS) is 23.3. The van der Waals surface area contributed by atoms with Crippen LogP contribution >= 0.6 is 0 Å². The first kappa shape index (κ1) is 13.3. The highest BCUT2D eigenvalue weighted by Gasteiger charge is 2.23. The summed E-state index contributed by atoms with van der Waals surface area (Å²) in [4.78, 5) is 0. The zero-order valence-electron chi connectivity index (χ0n) is 10.9. The Morgan fingerprint density at radius 1 is 1.50 bits per heavy atom. The van der Waals surface area contributed by atoms with Gasteiger partial charge in [-0.15, -0.1) is 0 Å². The standard InChI is InChI=1S/C14H20FNO2/c1-10-12(5-6-18-10)9-16-8-11-3-4-14(17-2)13(15)7-11/h3-4,7,10,12,16H,5-6,8-9H2,1-2H3. The summed E-state index contributed by atoms with van der Waals surface area (Å²) in [5, 5.41) is 3.35. The zero-order valence-corrected chi connectivity index (χ0v) is 10.9. The molecule has 1 aliphatic rings. The fraction of sp³-hybridized carbons (Fsp3) is 0.571. The fourth-order valence-corrected chi connectivity index (χ4v) is 2.27. The molecule has 0 aliphatic carbocycles. The van der Waals surface area contributed by atoms with Crippen molar-refractivity contribution in [2.75, 3.05) is 20.3 Å². The highest BCUT2D eigenvalue weighted by molar-refractivity contribution is 5.29. The second kappa shape index (κ2) is 6.16. The molecule has 4 heteroatoms. The number of rotatable bonds is 5. The maximum Gasteiger partial charge on any atom is 0.165 e. The van der Waals surface area contributed by atoms with Gasteiger partial charge in [-0.25, -0.2) is 4.39 Å². The monoisotopic (exact) mass is 253 g/mol. The molecule has 3 nitrogen and oxygen atoms in total. The van der Waals surface area contributed by atoms with Crippen molar-refractivity contribution in [2.24, 2.45) is 5.92 Å². The molecule has 1 aromatic rings. The van der Waals surface area contributed by atoms with Gasteiger partial charge in [-0.1, -0.05) is 6.07 Å². The van der Waals surface area contributed by atoms with Crippen LogP contribution < -0.4 is 10.1 Å². The molecule has 0 bridgehead atoms. The van der Waals surface area contributed by atoms with E-state index in [2.05, 4.69) is 12.2 Å². The molecular weight excluding hydrogens is 233 g/mol. The Morgan fingerprint density at radius 2 is 2.33 bits per heavy atom. The van der Waals surface area contributed by atoms with Crippen LogP contribution in [0.15, 0.2) is 18.2 Å². The first-order chi connectivity index (χ1) is 8.70. The molecule has 1 saturated heterocycles. The van der Waals surface area contributed by atoms with Gasteiger partial charge in [0.15, 0.2) is 11.6 Å². The third kappa shape index (κ3) is 3.21. The predicted molar refractivity (Wildman–Crippen MR) is 68.2 cm³/mol. The number of ether oxygens (including phenoxy) is 2. The Hall–Kier alpha value is -1.13. The largest absolute Gasteiger partial charge is 0.494 e. The molecule has 1 fully saturated rings. The molecule has 1 aromatic carbocycles. The summed E-state index contributed by atoms with van der Waals surface area (Å²) >= 11 is 0. The highest BCUT2D eigenvalue weighted by Crippen LogP contribution is 2.20. The van der Waals surface area contributed by atoms with Crippen LogP contribution in [0.3, 0.4) is 0 Å². The molecule has 1 aliphatic heterocycles. The highest BCUT2D eigenvalue weighted by atomic mass is 19.1. The molecule has 0 saturated carbocycles. The van der Waals surface area contributed by atoms with Gasteiger partial charge in [0.2, 0.25) is 0 Å². The average Bonchev–Trinajstić information content (AvgIpc) is 2.75. The van der Waals surface area contributed by atoms with E-state index in [4.69, 9.17) is 9.47 Å². The van der Waals surface area contributed by atoms with Crippen LogP contribution in [0.5, 0.6) is 5.75 Å². The van der Waals surface area contributed by atoms with Gasteiger partial charge in [0.25, 0.3) is 0 Å². The third-order valence-corrected chi connectivity index (χ3v) is 3.49. The van der Waals surface area contributed by atoms with Crippen LogP contribution in [0.4, 0.5) is 4.39 Å². The van der Waals surface area contributed by atoms with Crippen molar-refractivity contribution in [1.82, 2.24) is 5.32 Å². The van der Waals surface area contributed by atoms with E-state index in [-0.39, 0.29) is 11.6 Å². The maximum atomic E-state index is 13.5. The van der Waals surface area contributed by atoms with E-state index in [1.54, 1.807) is 6.07 Å². The molecule has 0 spiro atoms. The van der Waals surface area contributed by atoms with E-state index in [1.165, 1.54) is 13.2 Å². The zero-order chi connectivity index (χ0) is 13.0. The van der Waals surface area contributed by atoms with Crippen molar-refractivity contribution in [3.8, 4) is 5.75 Å². The van der Waals surface area contributed by atoms with Crippen molar-refractivity contribution in [1.29, 1.82) is 0 Å². The number of methoxy groups -OCH3 is 1.